The van der Waals surface area contributed by atoms with Crippen molar-refractivity contribution in [3.8, 4) is 5.75 Å². The first-order valence-corrected chi connectivity index (χ1v) is 11.7. The van der Waals surface area contributed by atoms with Crippen LogP contribution in [0.25, 0.3) is 11.2 Å². The average Bonchev–Trinajstić information content (AvgIpc) is 3.18. The van der Waals surface area contributed by atoms with Crippen molar-refractivity contribution in [3.05, 3.63) is 77.2 Å². The van der Waals surface area contributed by atoms with E-state index in [0.29, 0.717) is 45.0 Å². The lowest BCUT2D eigenvalue weighted by molar-refractivity contribution is -0.119. The van der Waals surface area contributed by atoms with Crippen LogP contribution in [0.2, 0.25) is 5.02 Å². The highest BCUT2D eigenvalue weighted by atomic mass is 35.5. The third kappa shape index (κ3) is 5.12. The number of carbonyl (C=O) groups is 1. The predicted octanol–water partition coefficient (Wildman–Crippen LogP) is 6.11. The summed E-state index contributed by atoms with van der Waals surface area (Å²) < 4.78 is 20.3. The molecule has 2 aromatic carbocycles. The number of nitrogens with one attached hydrogen (secondary N) is 1. The topological polar surface area (TPSA) is 69.0 Å². The van der Waals surface area contributed by atoms with E-state index in [1.165, 1.54) is 31.0 Å². The van der Waals surface area contributed by atoms with Gasteiger partial charge < -0.3 is 10.1 Å². The molecule has 9 heteroatoms. The van der Waals surface area contributed by atoms with Gasteiger partial charge in [-0.25, -0.2) is 14.4 Å². The minimum atomic E-state index is -0.540. The number of fused-ring (bicyclic) bond motifs is 1. The molecule has 1 atom stereocenters. The van der Waals surface area contributed by atoms with Crippen molar-refractivity contribution < 1.29 is 13.9 Å². The summed E-state index contributed by atoms with van der Waals surface area (Å²) in [5.41, 5.74) is 2.87. The Bertz CT molecular complexity index is 1280. The zero-order chi connectivity index (χ0) is 23.4. The number of imidazole rings is 1. The first kappa shape index (κ1) is 23.1. The number of ether oxygens (including phenoxy) is 1. The van der Waals surface area contributed by atoms with Crippen molar-refractivity contribution in [1.82, 2.24) is 14.5 Å². The molecule has 0 radical (unpaired) electrons. The van der Waals surface area contributed by atoms with E-state index in [0.717, 1.165) is 5.56 Å². The summed E-state index contributed by atoms with van der Waals surface area (Å²) in [6.45, 7) is 1.94. The van der Waals surface area contributed by atoms with Crippen LogP contribution < -0.4 is 10.1 Å². The Balaban J connectivity index is 1.63. The molecule has 0 aliphatic carbocycles. The Morgan fingerprint density at radius 2 is 2.03 bits per heavy atom. The number of pyridine rings is 1. The summed E-state index contributed by atoms with van der Waals surface area (Å²) in [6.07, 6.45) is 2.21. The van der Waals surface area contributed by atoms with E-state index in [1.807, 2.05) is 23.6 Å². The Morgan fingerprint density at radius 3 is 2.73 bits per heavy atom. The van der Waals surface area contributed by atoms with Gasteiger partial charge in [-0.15, -0.1) is 0 Å². The molecule has 0 aliphatic rings. The molecule has 1 N–H and O–H groups in total. The molecule has 1 amide bonds. The predicted molar refractivity (Wildman–Crippen MR) is 129 cm³/mol. The summed E-state index contributed by atoms with van der Waals surface area (Å²) >= 11 is 7.69. The largest absolute Gasteiger partial charge is 0.495 e. The molecule has 0 unspecified atom stereocenters. The Labute approximate surface area is 200 Å². The van der Waals surface area contributed by atoms with Crippen LogP contribution >= 0.6 is 23.4 Å². The number of rotatable bonds is 8. The zero-order valence-corrected chi connectivity index (χ0v) is 19.7. The maximum atomic E-state index is 13.3. The number of aromatic nitrogens is 3. The third-order valence-corrected chi connectivity index (χ3v) is 6.44. The first-order valence-electron chi connectivity index (χ1n) is 10.3. The molecule has 4 aromatic rings. The highest BCUT2D eigenvalue weighted by Gasteiger charge is 2.25. The molecule has 0 saturated heterocycles. The quantitative estimate of drug-likeness (QED) is 0.305. The van der Waals surface area contributed by atoms with E-state index < -0.39 is 6.04 Å². The number of amides is 1. The van der Waals surface area contributed by atoms with Crippen LogP contribution in [0.1, 0.15) is 24.9 Å². The third-order valence-electron chi connectivity index (χ3n) is 5.12. The smallest absolute Gasteiger partial charge is 0.247 e. The van der Waals surface area contributed by atoms with Crippen molar-refractivity contribution in [2.45, 2.75) is 30.3 Å². The summed E-state index contributed by atoms with van der Waals surface area (Å²) in [5, 5.41) is 4.02. The summed E-state index contributed by atoms with van der Waals surface area (Å²) in [6, 6.07) is 14.6. The molecule has 170 valence electrons. The lowest BCUT2D eigenvalue weighted by atomic mass is 10.2. The zero-order valence-electron chi connectivity index (χ0n) is 18.1. The van der Waals surface area contributed by atoms with E-state index in [-0.39, 0.29) is 11.7 Å². The fourth-order valence-electron chi connectivity index (χ4n) is 3.48. The number of thioether (sulfide) groups is 1. The normalized spacial score (nSPS) is 12.0. The molecular weight excluding hydrogens is 463 g/mol. The van der Waals surface area contributed by atoms with Crippen LogP contribution in [-0.4, -0.2) is 27.6 Å². The van der Waals surface area contributed by atoms with Gasteiger partial charge in [-0.3, -0.25) is 9.36 Å². The Hall–Kier alpha value is -3.10. The molecule has 0 saturated carbocycles. The van der Waals surface area contributed by atoms with Crippen LogP contribution in [0.15, 0.2) is 66.0 Å². The van der Waals surface area contributed by atoms with Crippen molar-refractivity contribution in [1.29, 1.82) is 0 Å². The average molecular weight is 485 g/mol. The number of nitrogens with zero attached hydrogens (tertiary/aromatic N) is 3. The lowest BCUT2D eigenvalue weighted by Gasteiger charge is -2.19. The molecule has 0 aliphatic heterocycles. The molecule has 0 bridgehead atoms. The summed E-state index contributed by atoms with van der Waals surface area (Å²) in [4.78, 5) is 22.5. The second-order valence-electron chi connectivity index (χ2n) is 7.29. The molecular formula is C24H22ClFN4O2S. The number of methoxy groups -OCH3 is 1. The second kappa shape index (κ2) is 10.2. The van der Waals surface area contributed by atoms with Crippen LogP contribution in [0.5, 0.6) is 5.75 Å². The van der Waals surface area contributed by atoms with E-state index in [9.17, 15) is 9.18 Å². The number of carbonyl (C=O) groups excluding carboxylic acids is 1. The van der Waals surface area contributed by atoms with Crippen LogP contribution in [0, 0.1) is 5.82 Å². The fraction of sp³-hybridized carbons (Fsp3) is 0.208. The van der Waals surface area contributed by atoms with Crippen LogP contribution in [0.3, 0.4) is 0 Å². The standard InChI is InChI=1S/C24H22ClFN4O2S/c1-3-20(23(31)28-17-10-11-21(32-2)18(25)13-17)30-22-19(5-4-12-27-22)29-24(30)33-14-15-6-8-16(26)9-7-15/h4-13,20H,3,14H2,1-2H3,(H,28,31)/t20-/m0/s1. The van der Waals surface area contributed by atoms with Crippen molar-refractivity contribution in [3.63, 3.8) is 0 Å². The molecule has 4 rings (SSSR count). The van der Waals surface area contributed by atoms with Gasteiger partial charge in [-0.1, -0.05) is 42.4 Å². The van der Waals surface area contributed by atoms with E-state index in [1.54, 1.807) is 36.5 Å². The van der Waals surface area contributed by atoms with Crippen molar-refractivity contribution in [2.75, 3.05) is 12.4 Å². The highest BCUT2D eigenvalue weighted by molar-refractivity contribution is 7.98. The SMILES string of the molecule is CC[C@@H](C(=O)Nc1ccc(OC)c(Cl)c1)n1c(SCc2ccc(F)cc2)nc2cccnc21. The molecule has 6 nitrogen and oxygen atoms in total. The summed E-state index contributed by atoms with van der Waals surface area (Å²) in [7, 11) is 1.54. The van der Waals surface area contributed by atoms with Gasteiger partial charge in [-0.2, -0.15) is 0 Å². The molecule has 2 heterocycles. The van der Waals surface area contributed by atoms with Crippen molar-refractivity contribution >= 4 is 46.1 Å². The minimum Gasteiger partial charge on any atom is -0.495 e. The van der Waals surface area contributed by atoms with Gasteiger partial charge in [0.1, 0.15) is 23.1 Å². The number of hydrogen-bond donors (Lipinski definition) is 1. The van der Waals surface area contributed by atoms with Crippen LogP contribution in [0.4, 0.5) is 10.1 Å². The highest BCUT2D eigenvalue weighted by Crippen LogP contribution is 2.32. The van der Waals surface area contributed by atoms with Gasteiger partial charge in [0.25, 0.3) is 0 Å². The number of halogens is 2. The maximum absolute atomic E-state index is 13.3. The van der Waals surface area contributed by atoms with Gasteiger partial charge in [0.15, 0.2) is 10.8 Å². The van der Waals surface area contributed by atoms with Gasteiger partial charge >= 0.3 is 0 Å². The molecule has 2 aromatic heterocycles. The number of anilines is 1. The second-order valence-corrected chi connectivity index (χ2v) is 8.64. The Kier molecular flexibility index (Phi) is 7.15. The van der Waals surface area contributed by atoms with Gasteiger partial charge in [0, 0.05) is 17.6 Å². The molecule has 0 fully saturated rings. The number of hydrogen-bond acceptors (Lipinski definition) is 5. The van der Waals surface area contributed by atoms with E-state index in [4.69, 9.17) is 21.3 Å². The van der Waals surface area contributed by atoms with Crippen molar-refractivity contribution in [2.24, 2.45) is 0 Å². The van der Waals surface area contributed by atoms with E-state index in [2.05, 4.69) is 10.3 Å². The maximum Gasteiger partial charge on any atom is 0.247 e. The monoisotopic (exact) mass is 484 g/mol. The fourth-order valence-corrected chi connectivity index (χ4v) is 4.74. The number of benzene rings is 2. The Morgan fingerprint density at radius 1 is 1.24 bits per heavy atom. The minimum absolute atomic E-state index is 0.202. The summed E-state index contributed by atoms with van der Waals surface area (Å²) in [5.74, 6) is 0.635. The van der Waals surface area contributed by atoms with E-state index >= 15 is 0 Å². The lowest BCUT2D eigenvalue weighted by Crippen LogP contribution is -2.26. The molecule has 0 spiro atoms. The van der Waals surface area contributed by atoms with Gasteiger partial charge in [0.2, 0.25) is 5.91 Å². The van der Waals surface area contributed by atoms with Crippen LogP contribution in [-0.2, 0) is 10.5 Å². The first-order chi connectivity index (χ1) is 16.0. The molecule has 33 heavy (non-hydrogen) atoms. The van der Waals surface area contributed by atoms with Gasteiger partial charge in [-0.05, 0) is 54.4 Å². The van der Waals surface area contributed by atoms with Gasteiger partial charge in [0.05, 0.1) is 12.1 Å².